The summed E-state index contributed by atoms with van der Waals surface area (Å²) in [6.07, 6.45) is 0. The summed E-state index contributed by atoms with van der Waals surface area (Å²) in [7, 11) is 0. The third kappa shape index (κ3) is 2.92. The van der Waals surface area contributed by atoms with Crippen molar-refractivity contribution >= 4 is 0 Å². The highest BCUT2D eigenvalue weighted by Gasteiger charge is 2.21. The molecule has 0 amide bonds. The van der Waals surface area contributed by atoms with Gasteiger partial charge in [-0.15, -0.1) is 0 Å². The number of hydrogen-bond donors (Lipinski definition) is 1. The van der Waals surface area contributed by atoms with Gasteiger partial charge in [-0.25, -0.2) is 4.79 Å². The smallest absolute Gasteiger partial charge is 0.326 e. The number of nitrogens with two attached hydrogens (primary N) is 1. The maximum atomic E-state index is 11.7. The lowest BCUT2D eigenvalue weighted by atomic mass is 9.87. The van der Waals surface area contributed by atoms with Crippen LogP contribution in [0.2, 0.25) is 0 Å². The van der Waals surface area contributed by atoms with Gasteiger partial charge in [0.05, 0.1) is 0 Å². The van der Waals surface area contributed by atoms with Crippen LogP contribution in [0.5, 0.6) is 0 Å². The Morgan fingerprint density at radius 2 is 2.00 bits per heavy atom. The Morgan fingerprint density at radius 1 is 1.44 bits per heavy atom. The van der Waals surface area contributed by atoms with Crippen LogP contribution < -0.4 is 11.4 Å². The van der Waals surface area contributed by atoms with Gasteiger partial charge in [0, 0.05) is 24.0 Å². The second-order valence-electron chi connectivity index (χ2n) is 5.40. The quantitative estimate of drug-likeness (QED) is 0.820. The molecule has 4 heteroatoms. The summed E-state index contributed by atoms with van der Waals surface area (Å²) in [5.74, 6) is 0. The van der Waals surface area contributed by atoms with Crippen molar-refractivity contribution < 1.29 is 0 Å². The first-order valence-corrected chi connectivity index (χ1v) is 5.52. The van der Waals surface area contributed by atoms with Gasteiger partial charge in [0.15, 0.2) is 0 Å². The van der Waals surface area contributed by atoms with Gasteiger partial charge in [0.1, 0.15) is 0 Å². The molecule has 0 spiro atoms. The molecule has 0 fully saturated rings. The summed E-state index contributed by atoms with van der Waals surface area (Å²) in [6, 6.07) is 1.84. The van der Waals surface area contributed by atoms with Gasteiger partial charge in [-0.3, -0.25) is 4.57 Å². The minimum Gasteiger partial charge on any atom is -0.326 e. The number of nitrogens with zero attached hydrogens (tertiary/aromatic N) is 2. The maximum Gasteiger partial charge on any atom is 0.348 e. The minimum absolute atomic E-state index is 0.0171. The fourth-order valence-corrected chi connectivity index (χ4v) is 1.47. The molecule has 0 aliphatic rings. The van der Waals surface area contributed by atoms with Crippen molar-refractivity contribution in [2.45, 2.75) is 47.2 Å². The van der Waals surface area contributed by atoms with Crippen LogP contribution in [0.1, 0.15) is 32.2 Å². The summed E-state index contributed by atoms with van der Waals surface area (Å²) >= 11 is 0. The van der Waals surface area contributed by atoms with E-state index < -0.39 is 0 Å². The zero-order valence-electron chi connectivity index (χ0n) is 10.7. The lowest BCUT2D eigenvalue weighted by Gasteiger charge is -2.28. The number of aryl methyl sites for hydroxylation is 2. The monoisotopic (exact) mass is 223 g/mol. The zero-order chi connectivity index (χ0) is 12.5. The van der Waals surface area contributed by atoms with Crippen molar-refractivity contribution in [3.63, 3.8) is 0 Å². The Kier molecular flexibility index (Phi) is 3.53. The Hall–Kier alpha value is -1.16. The Morgan fingerprint density at radius 3 is 2.44 bits per heavy atom. The van der Waals surface area contributed by atoms with Crippen LogP contribution in [0, 0.1) is 19.3 Å². The second-order valence-corrected chi connectivity index (χ2v) is 5.40. The topological polar surface area (TPSA) is 60.9 Å². The normalized spacial score (nSPS) is 13.9. The molecule has 0 aliphatic carbocycles. The van der Waals surface area contributed by atoms with E-state index >= 15 is 0 Å². The number of rotatable bonds is 2. The first-order valence-electron chi connectivity index (χ1n) is 5.52. The van der Waals surface area contributed by atoms with Crippen LogP contribution in [0.25, 0.3) is 0 Å². The summed E-state index contributed by atoms with van der Waals surface area (Å²) in [5, 5.41) is 0. The van der Waals surface area contributed by atoms with E-state index in [0.29, 0.717) is 6.54 Å². The van der Waals surface area contributed by atoms with E-state index in [1.165, 1.54) is 0 Å². The van der Waals surface area contributed by atoms with Crippen molar-refractivity contribution in [1.29, 1.82) is 0 Å². The molecule has 0 bridgehead atoms. The van der Waals surface area contributed by atoms with Crippen molar-refractivity contribution in [2.75, 3.05) is 0 Å². The molecule has 0 saturated carbocycles. The highest BCUT2D eigenvalue weighted by atomic mass is 16.1. The average Bonchev–Trinajstić information content (AvgIpc) is 2.08. The molecule has 1 aromatic heterocycles. The highest BCUT2D eigenvalue weighted by Crippen LogP contribution is 2.18. The van der Waals surface area contributed by atoms with E-state index in [0.717, 1.165) is 11.4 Å². The second kappa shape index (κ2) is 4.37. The third-order valence-corrected chi connectivity index (χ3v) is 2.84. The molecule has 1 heterocycles. The molecule has 4 nitrogen and oxygen atoms in total. The fraction of sp³-hybridized carbons (Fsp3) is 0.667. The molecule has 1 unspecified atom stereocenters. The first kappa shape index (κ1) is 12.9. The van der Waals surface area contributed by atoms with Crippen molar-refractivity contribution in [3.8, 4) is 0 Å². The molecule has 90 valence electrons. The molecule has 16 heavy (non-hydrogen) atoms. The molecule has 1 rings (SSSR count). The lowest BCUT2D eigenvalue weighted by molar-refractivity contribution is 0.286. The minimum atomic E-state index is -0.211. The Bertz CT molecular complexity index is 429. The van der Waals surface area contributed by atoms with Gasteiger partial charge < -0.3 is 5.73 Å². The van der Waals surface area contributed by atoms with E-state index in [1.54, 1.807) is 4.57 Å². The van der Waals surface area contributed by atoms with Crippen LogP contribution in [0.15, 0.2) is 10.9 Å². The van der Waals surface area contributed by atoms with Crippen LogP contribution in [-0.2, 0) is 6.54 Å². The van der Waals surface area contributed by atoms with Gasteiger partial charge in [0.25, 0.3) is 0 Å². The molecule has 1 atom stereocenters. The molecule has 1 aromatic rings. The van der Waals surface area contributed by atoms with Crippen LogP contribution in [0.3, 0.4) is 0 Å². The number of hydrogen-bond acceptors (Lipinski definition) is 3. The van der Waals surface area contributed by atoms with Crippen LogP contribution >= 0.6 is 0 Å². The van der Waals surface area contributed by atoms with E-state index in [4.69, 9.17) is 5.73 Å². The fourth-order valence-electron chi connectivity index (χ4n) is 1.47. The summed E-state index contributed by atoms with van der Waals surface area (Å²) in [4.78, 5) is 15.6. The SMILES string of the molecule is Cc1cc(C)n(CC(N)C(C)(C)C)c(=O)n1. The maximum absolute atomic E-state index is 11.7. The molecule has 0 aromatic carbocycles. The Balaban J connectivity index is 3.03. The summed E-state index contributed by atoms with van der Waals surface area (Å²) in [6.45, 7) is 10.5. The molecule has 0 saturated heterocycles. The van der Waals surface area contributed by atoms with E-state index in [-0.39, 0.29) is 17.1 Å². The average molecular weight is 223 g/mol. The Labute approximate surface area is 96.5 Å². The van der Waals surface area contributed by atoms with Crippen molar-refractivity contribution in [2.24, 2.45) is 11.1 Å². The molecule has 2 N–H and O–H groups in total. The molecule has 0 aliphatic heterocycles. The third-order valence-electron chi connectivity index (χ3n) is 2.84. The summed E-state index contributed by atoms with van der Waals surface area (Å²) in [5.41, 5.74) is 7.51. The van der Waals surface area contributed by atoms with Gasteiger partial charge in [-0.05, 0) is 25.3 Å². The van der Waals surface area contributed by atoms with E-state index in [1.807, 2.05) is 19.9 Å². The predicted molar refractivity (Wildman–Crippen MR) is 65.4 cm³/mol. The molecular formula is C12H21N3O. The van der Waals surface area contributed by atoms with E-state index in [9.17, 15) is 4.79 Å². The van der Waals surface area contributed by atoms with E-state index in [2.05, 4.69) is 25.8 Å². The molecule has 0 radical (unpaired) electrons. The first-order chi connectivity index (χ1) is 7.21. The van der Waals surface area contributed by atoms with Gasteiger partial charge >= 0.3 is 5.69 Å². The zero-order valence-corrected chi connectivity index (χ0v) is 10.7. The lowest BCUT2D eigenvalue weighted by Crippen LogP contribution is -2.42. The van der Waals surface area contributed by atoms with Gasteiger partial charge in [-0.1, -0.05) is 20.8 Å². The van der Waals surface area contributed by atoms with Crippen molar-refractivity contribution in [3.05, 3.63) is 27.9 Å². The molecular weight excluding hydrogens is 202 g/mol. The van der Waals surface area contributed by atoms with Crippen molar-refractivity contribution in [1.82, 2.24) is 9.55 Å². The number of aromatic nitrogens is 2. The standard InChI is InChI=1S/C12H21N3O/c1-8-6-9(2)15(11(16)14-8)7-10(13)12(3,4)5/h6,10H,7,13H2,1-5H3. The van der Waals surface area contributed by atoms with Gasteiger partial charge in [0.2, 0.25) is 0 Å². The van der Waals surface area contributed by atoms with Crippen LogP contribution in [-0.4, -0.2) is 15.6 Å². The predicted octanol–water partition coefficient (Wildman–Crippen LogP) is 1.23. The van der Waals surface area contributed by atoms with Gasteiger partial charge in [-0.2, -0.15) is 4.98 Å². The van der Waals surface area contributed by atoms with Crippen LogP contribution in [0.4, 0.5) is 0 Å². The largest absolute Gasteiger partial charge is 0.348 e. The summed E-state index contributed by atoms with van der Waals surface area (Å²) < 4.78 is 1.64. The highest BCUT2D eigenvalue weighted by molar-refractivity contribution is 5.07.